The van der Waals surface area contributed by atoms with Crippen molar-refractivity contribution in [1.82, 2.24) is 0 Å². The lowest BCUT2D eigenvalue weighted by molar-refractivity contribution is 0.0445. The zero-order valence-electron chi connectivity index (χ0n) is 8.96. The van der Waals surface area contributed by atoms with E-state index in [0.717, 1.165) is 18.9 Å². The Kier molecular flexibility index (Phi) is 4.74. The van der Waals surface area contributed by atoms with Crippen LogP contribution in [0.5, 0.6) is 0 Å². The quantitative estimate of drug-likeness (QED) is 0.667. The van der Waals surface area contributed by atoms with Gasteiger partial charge in [0.2, 0.25) is 0 Å². The fourth-order valence-electron chi connectivity index (χ4n) is 1.89. The molecule has 1 rings (SSSR count). The van der Waals surface area contributed by atoms with E-state index >= 15 is 0 Å². The SMILES string of the molecule is CC(C)CCCOC1CCCC1N. The lowest BCUT2D eigenvalue weighted by Crippen LogP contribution is -2.31. The van der Waals surface area contributed by atoms with E-state index in [1.807, 2.05) is 0 Å². The molecular weight excluding hydrogens is 162 g/mol. The van der Waals surface area contributed by atoms with Crippen molar-refractivity contribution in [3.63, 3.8) is 0 Å². The summed E-state index contributed by atoms with van der Waals surface area (Å²) < 4.78 is 5.74. The Labute approximate surface area is 81.8 Å². The predicted octanol–water partition coefficient (Wildman–Crippen LogP) is 2.32. The minimum absolute atomic E-state index is 0.305. The third-order valence-corrected chi connectivity index (χ3v) is 2.76. The number of rotatable bonds is 5. The van der Waals surface area contributed by atoms with Crippen LogP contribution in [-0.2, 0) is 4.74 Å². The number of nitrogens with two attached hydrogens (primary N) is 1. The first-order valence-electron chi connectivity index (χ1n) is 5.57. The maximum Gasteiger partial charge on any atom is 0.0725 e. The Morgan fingerprint density at radius 1 is 1.38 bits per heavy atom. The van der Waals surface area contributed by atoms with Gasteiger partial charge in [-0.15, -0.1) is 0 Å². The fourth-order valence-corrected chi connectivity index (χ4v) is 1.89. The molecule has 13 heavy (non-hydrogen) atoms. The molecule has 2 N–H and O–H groups in total. The van der Waals surface area contributed by atoms with Crippen LogP contribution in [0.2, 0.25) is 0 Å². The summed E-state index contributed by atoms with van der Waals surface area (Å²) in [6.45, 7) is 5.40. The first-order chi connectivity index (χ1) is 6.20. The molecule has 0 bridgehead atoms. The summed E-state index contributed by atoms with van der Waals surface area (Å²) in [5.41, 5.74) is 5.90. The number of hydrogen-bond acceptors (Lipinski definition) is 2. The topological polar surface area (TPSA) is 35.2 Å². The van der Waals surface area contributed by atoms with Gasteiger partial charge in [-0.1, -0.05) is 13.8 Å². The van der Waals surface area contributed by atoms with Gasteiger partial charge in [0.25, 0.3) is 0 Å². The Hall–Kier alpha value is -0.0800. The van der Waals surface area contributed by atoms with Crippen LogP contribution in [-0.4, -0.2) is 18.8 Å². The van der Waals surface area contributed by atoms with Crippen LogP contribution in [0, 0.1) is 5.92 Å². The molecule has 2 nitrogen and oxygen atoms in total. The molecule has 0 aliphatic heterocycles. The van der Waals surface area contributed by atoms with Gasteiger partial charge in [-0.2, -0.15) is 0 Å². The highest BCUT2D eigenvalue weighted by Gasteiger charge is 2.23. The summed E-state index contributed by atoms with van der Waals surface area (Å²) in [6, 6.07) is 0.305. The largest absolute Gasteiger partial charge is 0.377 e. The monoisotopic (exact) mass is 185 g/mol. The predicted molar refractivity (Wildman–Crippen MR) is 55.6 cm³/mol. The minimum atomic E-state index is 0.305. The van der Waals surface area contributed by atoms with Crippen LogP contribution in [0.3, 0.4) is 0 Å². The molecule has 0 saturated heterocycles. The molecule has 0 aromatic heterocycles. The second-order valence-corrected chi connectivity index (χ2v) is 4.54. The van der Waals surface area contributed by atoms with Crippen molar-refractivity contribution in [2.75, 3.05) is 6.61 Å². The number of ether oxygens (including phenoxy) is 1. The zero-order valence-corrected chi connectivity index (χ0v) is 8.96. The molecule has 2 atom stereocenters. The van der Waals surface area contributed by atoms with Crippen molar-refractivity contribution >= 4 is 0 Å². The third-order valence-electron chi connectivity index (χ3n) is 2.76. The van der Waals surface area contributed by atoms with E-state index in [9.17, 15) is 0 Å². The Morgan fingerprint density at radius 3 is 2.69 bits per heavy atom. The second kappa shape index (κ2) is 5.61. The maximum atomic E-state index is 5.90. The highest BCUT2D eigenvalue weighted by atomic mass is 16.5. The lowest BCUT2D eigenvalue weighted by atomic mass is 10.1. The van der Waals surface area contributed by atoms with Crippen molar-refractivity contribution < 1.29 is 4.74 Å². The summed E-state index contributed by atoms with van der Waals surface area (Å²) >= 11 is 0. The molecule has 78 valence electrons. The zero-order chi connectivity index (χ0) is 9.68. The van der Waals surface area contributed by atoms with Crippen LogP contribution in [0.25, 0.3) is 0 Å². The smallest absolute Gasteiger partial charge is 0.0725 e. The average molecular weight is 185 g/mol. The fraction of sp³-hybridized carbons (Fsp3) is 1.00. The molecule has 0 amide bonds. The minimum Gasteiger partial charge on any atom is -0.377 e. The van der Waals surface area contributed by atoms with Gasteiger partial charge in [0, 0.05) is 12.6 Å². The molecule has 2 unspecified atom stereocenters. The van der Waals surface area contributed by atoms with Gasteiger partial charge in [-0.05, 0) is 38.0 Å². The molecule has 2 heteroatoms. The van der Waals surface area contributed by atoms with Crippen LogP contribution in [0.1, 0.15) is 46.0 Å². The molecular formula is C11H23NO. The first kappa shape index (κ1) is 11.0. The summed E-state index contributed by atoms with van der Waals surface area (Å²) in [4.78, 5) is 0. The van der Waals surface area contributed by atoms with Gasteiger partial charge in [0.05, 0.1) is 6.10 Å². The van der Waals surface area contributed by atoms with Gasteiger partial charge >= 0.3 is 0 Å². The summed E-state index contributed by atoms with van der Waals surface area (Å²) in [7, 11) is 0. The molecule has 1 saturated carbocycles. The van der Waals surface area contributed by atoms with Crippen LogP contribution in [0.15, 0.2) is 0 Å². The van der Waals surface area contributed by atoms with Crippen molar-refractivity contribution in [3.8, 4) is 0 Å². The maximum absolute atomic E-state index is 5.90. The van der Waals surface area contributed by atoms with Gasteiger partial charge in [0.1, 0.15) is 0 Å². The van der Waals surface area contributed by atoms with Crippen LogP contribution in [0.4, 0.5) is 0 Å². The molecule has 0 aromatic carbocycles. The summed E-state index contributed by atoms with van der Waals surface area (Å²) in [6.07, 6.45) is 6.36. The molecule has 1 aliphatic rings. The van der Waals surface area contributed by atoms with E-state index in [4.69, 9.17) is 10.5 Å². The van der Waals surface area contributed by atoms with Crippen molar-refractivity contribution in [2.24, 2.45) is 11.7 Å². The highest BCUT2D eigenvalue weighted by molar-refractivity contribution is 4.80. The molecule has 0 aromatic rings. The van der Waals surface area contributed by atoms with Crippen molar-refractivity contribution in [3.05, 3.63) is 0 Å². The van der Waals surface area contributed by atoms with Gasteiger partial charge in [-0.3, -0.25) is 0 Å². The first-order valence-corrected chi connectivity index (χ1v) is 5.57. The molecule has 1 aliphatic carbocycles. The normalized spacial score (nSPS) is 28.6. The van der Waals surface area contributed by atoms with E-state index in [-0.39, 0.29) is 0 Å². The Morgan fingerprint density at radius 2 is 2.15 bits per heavy atom. The second-order valence-electron chi connectivity index (χ2n) is 4.54. The number of hydrogen-bond donors (Lipinski definition) is 1. The Balaban J connectivity index is 1.99. The summed E-state index contributed by atoms with van der Waals surface area (Å²) in [5, 5.41) is 0. The van der Waals surface area contributed by atoms with Crippen molar-refractivity contribution in [2.45, 2.75) is 58.1 Å². The molecule has 0 spiro atoms. The average Bonchev–Trinajstić information content (AvgIpc) is 2.45. The molecule has 1 fully saturated rings. The van der Waals surface area contributed by atoms with Gasteiger partial charge < -0.3 is 10.5 Å². The van der Waals surface area contributed by atoms with E-state index < -0.39 is 0 Å². The van der Waals surface area contributed by atoms with Gasteiger partial charge in [-0.25, -0.2) is 0 Å². The van der Waals surface area contributed by atoms with E-state index in [0.29, 0.717) is 12.1 Å². The lowest BCUT2D eigenvalue weighted by Gasteiger charge is -2.16. The molecule has 0 radical (unpaired) electrons. The van der Waals surface area contributed by atoms with Crippen molar-refractivity contribution in [1.29, 1.82) is 0 Å². The standard InChI is InChI=1S/C11H23NO/c1-9(2)5-4-8-13-11-7-3-6-10(11)12/h9-11H,3-8,12H2,1-2H3. The Bertz CT molecular complexity index is 136. The highest BCUT2D eigenvalue weighted by Crippen LogP contribution is 2.20. The third kappa shape index (κ3) is 4.10. The van der Waals surface area contributed by atoms with Crippen LogP contribution < -0.4 is 5.73 Å². The van der Waals surface area contributed by atoms with Crippen LogP contribution >= 0.6 is 0 Å². The van der Waals surface area contributed by atoms with E-state index in [1.165, 1.54) is 25.7 Å². The summed E-state index contributed by atoms with van der Waals surface area (Å²) in [5.74, 6) is 0.792. The van der Waals surface area contributed by atoms with E-state index in [2.05, 4.69) is 13.8 Å². The van der Waals surface area contributed by atoms with E-state index in [1.54, 1.807) is 0 Å². The van der Waals surface area contributed by atoms with Gasteiger partial charge in [0.15, 0.2) is 0 Å². The molecule has 0 heterocycles.